The van der Waals surface area contributed by atoms with Crippen LogP contribution in [0, 0.1) is 0 Å². The maximum atomic E-state index is 13.1. The van der Waals surface area contributed by atoms with Crippen LogP contribution in [-0.2, 0) is 12.6 Å². The number of ketones is 1. The highest BCUT2D eigenvalue weighted by molar-refractivity contribution is 5.98. The molecule has 2 aliphatic rings. The van der Waals surface area contributed by atoms with E-state index in [0.29, 0.717) is 61.9 Å². The highest BCUT2D eigenvalue weighted by Crippen LogP contribution is 2.36. The number of anilines is 2. The minimum Gasteiger partial charge on any atom is -0.508 e. The van der Waals surface area contributed by atoms with Crippen molar-refractivity contribution in [3.8, 4) is 5.75 Å². The number of para-hydroxylation sites is 1. The molecular formula is C25H23F3N4O2. The van der Waals surface area contributed by atoms with Gasteiger partial charge in [0.2, 0.25) is 5.95 Å². The van der Waals surface area contributed by atoms with E-state index in [0.717, 1.165) is 11.6 Å². The van der Waals surface area contributed by atoms with Gasteiger partial charge in [-0.1, -0.05) is 24.3 Å². The van der Waals surface area contributed by atoms with Crippen LogP contribution in [0.5, 0.6) is 5.75 Å². The molecule has 0 bridgehead atoms. The number of fused-ring (bicyclic) bond motifs is 1. The van der Waals surface area contributed by atoms with E-state index in [4.69, 9.17) is 0 Å². The van der Waals surface area contributed by atoms with Gasteiger partial charge in [0.15, 0.2) is 5.78 Å². The Hall–Kier alpha value is -3.62. The summed E-state index contributed by atoms with van der Waals surface area (Å²) in [5, 5.41) is 10.2. The first kappa shape index (κ1) is 22.2. The van der Waals surface area contributed by atoms with Crippen LogP contribution in [0.3, 0.4) is 0 Å². The van der Waals surface area contributed by atoms with Gasteiger partial charge in [-0.15, -0.1) is 0 Å². The third kappa shape index (κ3) is 4.30. The van der Waals surface area contributed by atoms with Crippen LogP contribution >= 0.6 is 0 Å². The van der Waals surface area contributed by atoms with Gasteiger partial charge in [0.05, 0.1) is 16.8 Å². The second kappa shape index (κ2) is 8.62. The Morgan fingerprint density at radius 2 is 1.68 bits per heavy atom. The molecule has 0 amide bonds. The molecule has 0 radical (unpaired) electrons. The van der Waals surface area contributed by atoms with Gasteiger partial charge in [-0.2, -0.15) is 13.2 Å². The monoisotopic (exact) mass is 468 g/mol. The number of benzene rings is 2. The molecule has 9 heteroatoms. The van der Waals surface area contributed by atoms with Gasteiger partial charge >= 0.3 is 6.18 Å². The number of Topliss-reactive ketones (excluding diaryl/α,β-unsaturated/α-hetero) is 1. The lowest BCUT2D eigenvalue weighted by atomic mass is 9.82. The van der Waals surface area contributed by atoms with E-state index in [1.807, 2.05) is 21.9 Å². The molecule has 176 valence electrons. The maximum Gasteiger partial charge on any atom is 0.416 e. The summed E-state index contributed by atoms with van der Waals surface area (Å²) in [6.07, 6.45) is -1.98. The molecule has 6 nitrogen and oxygen atoms in total. The third-order valence-corrected chi connectivity index (χ3v) is 6.50. The largest absolute Gasteiger partial charge is 0.508 e. The van der Waals surface area contributed by atoms with Gasteiger partial charge in [0, 0.05) is 50.4 Å². The normalized spacial score (nSPS) is 18.7. The minimum absolute atomic E-state index is 0.0459. The molecule has 1 fully saturated rings. The first-order valence-corrected chi connectivity index (χ1v) is 11.1. The Bertz CT molecular complexity index is 1220. The van der Waals surface area contributed by atoms with Gasteiger partial charge in [-0.05, 0) is 36.2 Å². The van der Waals surface area contributed by atoms with Crippen molar-refractivity contribution < 1.29 is 23.1 Å². The van der Waals surface area contributed by atoms with E-state index < -0.39 is 11.7 Å². The Labute approximate surface area is 194 Å². The second-order valence-corrected chi connectivity index (χ2v) is 8.64. The molecule has 1 atom stereocenters. The number of carbonyl (C=O) groups excluding carboxylic acids is 1. The predicted octanol–water partition coefficient (Wildman–Crippen LogP) is 4.44. The van der Waals surface area contributed by atoms with E-state index in [-0.39, 0.29) is 17.5 Å². The van der Waals surface area contributed by atoms with Crippen molar-refractivity contribution in [2.24, 2.45) is 0 Å². The van der Waals surface area contributed by atoms with Crippen LogP contribution < -0.4 is 9.80 Å². The molecule has 1 saturated heterocycles. The second-order valence-electron chi connectivity index (χ2n) is 8.64. The topological polar surface area (TPSA) is 69.6 Å². The number of rotatable bonds is 3. The van der Waals surface area contributed by atoms with E-state index >= 15 is 0 Å². The molecule has 5 rings (SSSR count). The highest BCUT2D eigenvalue weighted by atomic mass is 19.4. The molecule has 3 aromatic rings. The quantitative estimate of drug-likeness (QED) is 0.613. The number of alkyl halides is 3. The van der Waals surface area contributed by atoms with Crippen LogP contribution in [0.1, 0.15) is 39.5 Å². The van der Waals surface area contributed by atoms with E-state index in [1.54, 1.807) is 24.4 Å². The molecule has 2 aromatic carbocycles. The van der Waals surface area contributed by atoms with Crippen LogP contribution in [-0.4, -0.2) is 47.0 Å². The van der Waals surface area contributed by atoms with E-state index in [9.17, 15) is 23.1 Å². The summed E-state index contributed by atoms with van der Waals surface area (Å²) in [4.78, 5) is 25.7. The number of nitrogens with zero attached hydrogens (tertiary/aromatic N) is 4. The number of hydrogen-bond acceptors (Lipinski definition) is 6. The number of phenolic OH excluding ortho intramolecular Hbond substituents is 1. The Morgan fingerprint density at radius 1 is 0.941 bits per heavy atom. The van der Waals surface area contributed by atoms with Gasteiger partial charge in [0.1, 0.15) is 5.75 Å². The predicted molar refractivity (Wildman–Crippen MR) is 121 cm³/mol. The molecule has 1 aromatic heterocycles. The van der Waals surface area contributed by atoms with Crippen molar-refractivity contribution in [1.29, 1.82) is 0 Å². The Morgan fingerprint density at radius 3 is 2.41 bits per heavy atom. The highest BCUT2D eigenvalue weighted by Gasteiger charge is 2.32. The number of aromatic nitrogens is 2. The molecular weight excluding hydrogens is 445 g/mol. The number of halogens is 3. The molecule has 0 spiro atoms. The molecule has 0 unspecified atom stereocenters. The van der Waals surface area contributed by atoms with Gasteiger partial charge < -0.3 is 14.9 Å². The lowest BCUT2D eigenvalue weighted by molar-refractivity contribution is -0.137. The van der Waals surface area contributed by atoms with Gasteiger partial charge in [-0.3, -0.25) is 4.79 Å². The summed E-state index contributed by atoms with van der Waals surface area (Å²) in [6, 6.07) is 12.4. The smallest absolute Gasteiger partial charge is 0.416 e. The molecule has 1 aliphatic heterocycles. The molecule has 0 saturated carbocycles. The fourth-order valence-corrected chi connectivity index (χ4v) is 4.68. The van der Waals surface area contributed by atoms with Crippen molar-refractivity contribution in [3.63, 3.8) is 0 Å². The zero-order chi connectivity index (χ0) is 23.9. The summed E-state index contributed by atoms with van der Waals surface area (Å²) < 4.78 is 39.2. The Balaban J connectivity index is 1.31. The average Bonchev–Trinajstić information content (AvgIpc) is 2.83. The summed E-state index contributed by atoms with van der Waals surface area (Å²) in [5.41, 5.74) is 1.79. The number of carbonyl (C=O) groups is 1. The maximum absolute atomic E-state index is 13.1. The van der Waals surface area contributed by atoms with Crippen LogP contribution in [0.2, 0.25) is 0 Å². The first-order valence-electron chi connectivity index (χ1n) is 11.1. The van der Waals surface area contributed by atoms with Crippen molar-refractivity contribution in [2.75, 3.05) is 36.0 Å². The molecule has 2 heterocycles. The summed E-state index contributed by atoms with van der Waals surface area (Å²) in [5.74, 6) is 0.481. The van der Waals surface area contributed by atoms with Crippen molar-refractivity contribution >= 4 is 17.4 Å². The number of piperazine rings is 1. The van der Waals surface area contributed by atoms with Crippen LogP contribution in [0.4, 0.5) is 24.8 Å². The van der Waals surface area contributed by atoms with Crippen molar-refractivity contribution in [2.45, 2.75) is 24.9 Å². The number of aromatic hydroxyl groups is 1. The fraction of sp³-hybridized carbons (Fsp3) is 0.320. The summed E-state index contributed by atoms with van der Waals surface area (Å²) in [7, 11) is 0. The minimum atomic E-state index is -4.37. The summed E-state index contributed by atoms with van der Waals surface area (Å²) >= 11 is 0. The van der Waals surface area contributed by atoms with E-state index in [1.165, 1.54) is 12.1 Å². The van der Waals surface area contributed by atoms with Crippen LogP contribution in [0.25, 0.3) is 0 Å². The van der Waals surface area contributed by atoms with Crippen molar-refractivity contribution in [1.82, 2.24) is 9.97 Å². The Kier molecular flexibility index (Phi) is 5.63. The zero-order valence-electron chi connectivity index (χ0n) is 18.3. The number of hydrogen-bond donors (Lipinski definition) is 1. The zero-order valence-corrected chi connectivity index (χ0v) is 18.3. The third-order valence-electron chi connectivity index (χ3n) is 6.50. The lowest BCUT2D eigenvalue weighted by Crippen LogP contribution is -2.47. The molecule has 1 N–H and O–H groups in total. The van der Waals surface area contributed by atoms with E-state index in [2.05, 4.69) is 9.97 Å². The molecule has 34 heavy (non-hydrogen) atoms. The van der Waals surface area contributed by atoms with Gasteiger partial charge in [-0.25, -0.2) is 9.97 Å². The number of phenols is 1. The first-order chi connectivity index (χ1) is 16.3. The average molecular weight is 468 g/mol. The fourth-order valence-electron chi connectivity index (χ4n) is 4.68. The standard InChI is InChI=1S/C25H23F3N4O2/c26-25(27,28)17-4-3-5-18(14-17)31-8-10-32(11-9-31)24-29-15-20-21(30-24)12-16(13-23(20)34)19-6-1-2-7-22(19)33/h1-7,14-16,33H,8-13H2/t16-/m0/s1. The SMILES string of the molecule is O=C1C[C@@H](c2ccccc2O)Cc2nc(N3CCN(c4cccc(C(F)(F)F)c4)CC3)ncc21. The van der Waals surface area contributed by atoms with Gasteiger partial charge in [0.25, 0.3) is 0 Å². The van der Waals surface area contributed by atoms with Crippen molar-refractivity contribution in [3.05, 3.63) is 77.1 Å². The van der Waals surface area contributed by atoms with Crippen LogP contribution in [0.15, 0.2) is 54.7 Å². The summed E-state index contributed by atoms with van der Waals surface area (Å²) in [6.45, 7) is 2.15. The molecule has 1 aliphatic carbocycles. The lowest BCUT2D eigenvalue weighted by Gasteiger charge is -2.36.